The SMILES string of the molecule is COc1cccc(CNCCCc2ccccc2)c1OCCc1ccccc1. The second kappa shape index (κ2) is 11.2. The van der Waals surface area contributed by atoms with Gasteiger partial charge in [-0.15, -0.1) is 0 Å². The van der Waals surface area contributed by atoms with E-state index in [1.165, 1.54) is 11.1 Å². The quantitative estimate of drug-likeness (QED) is 0.476. The van der Waals surface area contributed by atoms with Crippen molar-refractivity contribution in [3.63, 3.8) is 0 Å². The number of para-hydroxylation sites is 1. The number of nitrogens with one attached hydrogen (secondary N) is 1. The van der Waals surface area contributed by atoms with Gasteiger partial charge < -0.3 is 14.8 Å². The summed E-state index contributed by atoms with van der Waals surface area (Å²) in [6.45, 7) is 2.37. The zero-order valence-electron chi connectivity index (χ0n) is 16.6. The molecule has 1 N–H and O–H groups in total. The lowest BCUT2D eigenvalue weighted by molar-refractivity contribution is 0.293. The molecule has 0 bridgehead atoms. The number of ether oxygens (including phenoxy) is 2. The van der Waals surface area contributed by atoms with Crippen LogP contribution in [0.15, 0.2) is 78.9 Å². The first kappa shape index (κ1) is 20.0. The first-order valence-electron chi connectivity index (χ1n) is 9.94. The van der Waals surface area contributed by atoms with E-state index in [0.717, 1.165) is 49.4 Å². The van der Waals surface area contributed by atoms with Gasteiger partial charge in [-0.3, -0.25) is 0 Å². The number of rotatable bonds is 11. The van der Waals surface area contributed by atoms with Crippen LogP contribution in [0.3, 0.4) is 0 Å². The molecule has 0 aliphatic carbocycles. The van der Waals surface area contributed by atoms with Crippen LogP contribution >= 0.6 is 0 Å². The van der Waals surface area contributed by atoms with Gasteiger partial charge in [0.15, 0.2) is 11.5 Å². The van der Waals surface area contributed by atoms with Crippen molar-refractivity contribution in [3.05, 3.63) is 95.6 Å². The highest BCUT2D eigenvalue weighted by Gasteiger charge is 2.10. The molecule has 0 aromatic heterocycles. The molecule has 0 heterocycles. The lowest BCUT2D eigenvalue weighted by Gasteiger charge is -2.16. The molecule has 0 aliphatic heterocycles. The molecule has 3 aromatic carbocycles. The molecule has 146 valence electrons. The molecule has 3 nitrogen and oxygen atoms in total. The Morgan fingerprint density at radius 2 is 1.43 bits per heavy atom. The molecule has 3 aromatic rings. The van der Waals surface area contributed by atoms with Gasteiger partial charge in [0, 0.05) is 18.5 Å². The normalized spacial score (nSPS) is 10.6. The number of hydrogen-bond donors (Lipinski definition) is 1. The Balaban J connectivity index is 1.50. The van der Waals surface area contributed by atoms with E-state index in [1.807, 2.05) is 18.2 Å². The maximum atomic E-state index is 6.12. The maximum Gasteiger partial charge on any atom is 0.165 e. The number of hydrogen-bond acceptors (Lipinski definition) is 3. The van der Waals surface area contributed by atoms with Gasteiger partial charge in [-0.1, -0.05) is 72.8 Å². The molecule has 0 unspecified atom stereocenters. The Morgan fingerprint density at radius 1 is 0.750 bits per heavy atom. The van der Waals surface area contributed by atoms with Crippen LogP contribution in [0.2, 0.25) is 0 Å². The molecule has 0 spiro atoms. The van der Waals surface area contributed by atoms with Gasteiger partial charge in [-0.2, -0.15) is 0 Å². The summed E-state index contributed by atoms with van der Waals surface area (Å²) in [7, 11) is 1.69. The van der Waals surface area contributed by atoms with Gasteiger partial charge in [0.25, 0.3) is 0 Å². The third kappa shape index (κ3) is 6.14. The lowest BCUT2D eigenvalue weighted by Crippen LogP contribution is -2.16. The van der Waals surface area contributed by atoms with E-state index in [1.54, 1.807) is 7.11 Å². The largest absolute Gasteiger partial charge is 0.493 e. The van der Waals surface area contributed by atoms with E-state index in [9.17, 15) is 0 Å². The second-order valence-electron chi connectivity index (χ2n) is 6.80. The lowest BCUT2D eigenvalue weighted by atomic mass is 10.1. The molecular weight excluding hydrogens is 346 g/mol. The Kier molecular flexibility index (Phi) is 7.95. The molecule has 3 heteroatoms. The van der Waals surface area contributed by atoms with Crippen LogP contribution < -0.4 is 14.8 Å². The Bertz CT molecular complexity index is 818. The maximum absolute atomic E-state index is 6.12. The van der Waals surface area contributed by atoms with Crippen molar-refractivity contribution in [2.45, 2.75) is 25.8 Å². The molecular formula is C25H29NO2. The molecule has 0 amide bonds. The van der Waals surface area contributed by atoms with Crippen molar-refractivity contribution < 1.29 is 9.47 Å². The van der Waals surface area contributed by atoms with E-state index in [2.05, 4.69) is 66.0 Å². The van der Waals surface area contributed by atoms with Crippen LogP contribution in [0, 0.1) is 0 Å². The first-order valence-corrected chi connectivity index (χ1v) is 9.94. The summed E-state index contributed by atoms with van der Waals surface area (Å²) in [6, 6.07) is 27.1. The number of methoxy groups -OCH3 is 1. The van der Waals surface area contributed by atoms with Gasteiger partial charge in [0.1, 0.15) is 0 Å². The highest BCUT2D eigenvalue weighted by Crippen LogP contribution is 2.31. The molecule has 3 rings (SSSR count). The summed E-state index contributed by atoms with van der Waals surface area (Å²) in [6.07, 6.45) is 3.08. The average molecular weight is 376 g/mol. The van der Waals surface area contributed by atoms with Gasteiger partial charge in [0.05, 0.1) is 13.7 Å². The van der Waals surface area contributed by atoms with E-state index < -0.39 is 0 Å². The zero-order valence-corrected chi connectivity index (χ0v) is 16.6. The molecule has 28 heavy (non-hydrogen) atoms. The van der Waals surface area contributed by atoms with Crippen molar-refractivity contribution >= 4 is 0 Å². The third-order valence-corrected chi connectivity index (χ3v) is 4.74. The highest BCUT2D eigenvalue weighted by atomic mass is 16.5. The summed E-state index contributed by atoms with van der Waals surface area (Å²) in [5.74, 6) is 1.63. The molecule has 0 aliphatic rings. The van der Waals surface area contributed by atoms with Crippen LogP contribution in [0.25, 0.3) is 0 Å². The van der Waals surface area contributed by atoms with Gasteiger partial charge >= 0.3 is 0 Å². The van der Waals surface area contributed by atoms with Gasteiger partial charge in [-0.05, 0) is 36.6 Å². The molecule has 0 atom stereocenters. The monoisotopic (exact) mass is 375 g/mol. The van der Waals surface area contributed by atoms with Crippen LogP contribution in [0.5, 0.6) is 11.5 Å². The fourth-order valence-corrected chi connectivity index (χ4v) is 3.23. The number of aryl methyl sites for hydroxylation is 1. The highest BCUT2D eigenvalue weighted by molar-refractivity contribution is 5.46. The van der Waals surface area contributed by atoms with Gasteiger partial charge in [0.2, 0.25) is 0 Å². The van der Waals surface area contributed by atoms with E-state index in [-0.39, 0.29) is 0 Å². The molecule has 0 saturated carbocycles. The topological polar surface area (TPSA) is 30.5 Å². The van der Waals surface area contributed by atoms with Crippen LogP contribution in [-0.4, -0.2) is 20.3 Å². The second-order valence-corrected chi connectivity index (χ2v) is 6.80. The van der Waals surface area contributed by atoms with Crippen LogP contribution in [0.4, 0.5) is 0 Å². The first-order chi connectivity index (χ1) is 13.9. The molecule has 0 radical (unpaired) electrons. The van der Waals surface area contributed by atoms with Crippen molar-refractivity contribution in [1.82, 2.24) is 5.32 Å². The van der Waals surface area contributed by atoms with Crippen molar-refractivity contribution in [1.29, 1.82) is 0 Å². The van der Waals surface area contributed by atoms with Crippen molar-refractivity contribution in [2.75, 3.05) is 20.3 Å². The minimum atomic E-state index is 0.630. The standard InChI is InChI=1S/C25H29NO2/c1-27-24-16-8-15-23(20-26-18-9-14-21-10-4-2-5-11-21)25(24)28-19-17-22-12-6-3-7-13-22/h2-8,10-13,15-16,26H,9,14,17-20H2,1H3. The minimum Gasteiger partial charge on any atom is -0.493 e. The van der Waals surface area contributed by atoms with E-state index in [4.69, 9.17) is 9.47 Å². The molecule has 0 saturated heterocycles. The smallest absolute Gasteiger partial charge is 0.165 e. The minimum absolute atomic E-state index is 0.630. The Labute approximate surface area is 168 Å². The third-order valence-electron chi connectivity index (χ3n) is 4.74. The zero-order chi connectivity index (χ0) is 19.4. The number of benzene rings is 3. The van der Waals surface area contributed by atoms with Crippen LogP contribution in [0.1, 0.15) is 23.1 Å². The van der Waals surface area contributed by atoms with Crippen molar-refractivity contribution in [2.24, 2.45) is 0 Å². The fraction of sp³-hybridized carbons (Fsp3) is 0.280. The van der Waals surface area contributed by atoms with Crippen molar-refractivity contribution in [3.8, 4) is 11.5 Å². The predicted octanol–water partition coefficient (Wildman–Crippen LogP) is 5.04. The summed E-state index contributed by atoms with van der Waals surface area (Å²) in [4.78, 5) is 0. The van der Waals surface area contributed by atoms with Crippen LogP contribution in [-0.2, 0) is 19.4 Å². The summed E-state index contributed by atoms with van der Waals surface area (Å²) in [5.41, 5.74) is 3.79. The summed E-state index contributed by atoms with van der Waals surface area (Å²) in [5, 5.41) is 3.54. The van der Waals surface area contributed by atoms with Gasteiger partial charge in [-0.25, -0.2) is 0 Å². The summed E-state index contributed by atoms with van der Waals surface area (Å²) >= 11 is 0. The average Bonchev–Trinajstić information content (AvgIpc) is 2.75. The fourth-order valence-electron chi connectivity index (χ4n) is 3.23. The Morgan fingerprint density at radius 3 is 2.11 bits per heavy atom. The molecule has 0 fully saturated rings. The predicted molar refractivity (Wildman–Crippen MR) is 115 cm³/mol. The summed E-state index contributed by atoms with van der Waals surface area (Å²) < 4.78 is 11.6. The van der Waals surface area contributed by atoms with E-state index in [0.29, 0.717) is 6.61 Å². The van der Waals surface area contributed by atoms with E-state index >= 15 is 0 Å². The Hall–Kier alpha value is -2.78.